The average Bonchev–Trinajstić information content (AvgIpc) is 2.35. The highest BCUT2D eigenvalue weighted by Gasteiger charge is 2.21. The Morgan fingerprint density at radius 3 is 2.42 bits per heavy atom. The minimum atomic E-state index is -0.106. The van der Waals surface area contributed by atoms with Crippen LogP contribution in [-0.4, -0.2) is 30.7 Å². The molecule has 1 atom stereocenters. The van der Waals surface area contributed by atoms with Gasteiger partial charge < -0.3 is 14.8 Å². The first-order valence-electron chi connectivity index (χ1n) is 6.37. The molecule has 1 N–H and O–H groups in total. The number of aromatic nitrogens is 2. The van der Waals surface area contributed by atoms with Gasteiger partial charge in [-0.05, 0) is 35.4 Å². The molecule has 0 saturated heterocycles. The Labute approximate surface area is 128 Å². The van der Waals surface area contributed by atoms with E-state index in [4.69, 9.17) is 9.47 Å². The summed E-state index contributed by atoms with van der Waals surface area (Å²) in [6, 6.07) is 0. The molecular weight excluding hydrogens is 357 g/mol. The van der Waals surface area contributed by atoms with Gasteiger partial charge in [0.2, 0.25) is 0 Å². The predicted octanol–water partition coefficient (Wildman–Crippen LogP) is 3.00. The number of nitrogens with one attached hydrogen (secondary N) is 1. The first-order chi connectivity index (χ1) is 9.04. The van der Waals surface area contributed by atoms with Crippen molar-refractivity contribution in [3.63, 3.8) is 0 Å². The summed E-state index contributed by atoms with van der Waals surface area (Å²) < 4.78 is 11.7. The van der Waals surface area contributed by atoms with E-state index in [0.717, 1.165) is 21.6 Å². The molecule has 1 aromatic rings. The Balaban J connectivity index is 3.23. The smallest absolute Gasteiger partial charge is 0.160 e. The molecule has 0 aliphatic rings. The Morgan fingerprint density at radius 2 is 1.95 bits per heavy atom. The van der Waals surface area contributed by atoms with E-state index < -0.39 is 0 Å². The van der Waals surface area contributed by atoms with Crippen LogP contribution in [0.15, 0.2) is 0 Å². The normalized spacial score (nSPS) is 12.8. The summed E-state index contributed by atoms with van der Waals surface area (Å²) in [6.45, 7) is 7.53. The van der Waals surface area contributed by atoms with Crippen LogP contribution in [0, 0.1) is 9.49 Å². The molecule has 1 rings (SSSR count). The van der Waals surface area contributed by atoms with Crippen molar-refractivity contribution in [2.24, 2.45) is 5.92 Å². The van der Waals surface area contributed by atoms with Gasteiger partial charge in [0.1, 0.15) is 11.9 Å². The molecule has 0 fully saturated rings. The second-order valence-corrected chi connectivity index (χ2v) is 5.63. The lowest BCUT2D eigenvalue weighted by molar-refractivity contribution is 0.0569. The number of hydrogen-bond acceptors (Lipinski definition) is 5. The molecule has 0 aliphatic heterocycles. The summed E-state index contributed by atoms with van der Waals surface area (Å²) in [5.41, 5.74) is 0.895. The second kappa shape index (κ2) is 7.96. The summed E-state index contributed by atoms with van der Waals surface area (Å²) in [4.78, 5) is 9.18. The Bertz CT molecular complexity index is 386. The van der Waals surface area contributed by atoms with Crippen molar-refractivity contribution >= 4 is 28.4 Å². The van der Waals surface area contributed by atoms with E-state index in [1.54, 1.807) is 14.2 Å². The highest BCUT2D eigenvalue weighted by Crippen LogP contribution is 2.27. The quantitative estimate of drug-likeness (QED) is 0.739. The van der Waals surface area contributed by atoms with E-state index in [1.807, 2.05) is 6.92 Å². The number of halogens is 1. The largest absolute Gasteiger partial charge is 0.378 e. The van der Waals surface area contributed by atoms with Crippen molar-refractivity contribution < 1.29 is 9.47 Å². The number of hydrogen-bond donors (Lipinski definition) is 1. The van der Waals surface area contributed by atoms with Crippen LogP contribution in [0.2, 0.25) is 0 Å². The SMILES string of the molecule is CCNc1nc(C(OC)C(C)C)nc(COC)c1I. The monoisotopic (exact) mass is 379 g/mol. The zero-order valence-electron chi connectivity index (χ0n) is 12.2. The average molecular weight is 379 g/mol. The van der Waals surface area contributed by atoms with Crippen LogP contribution in [0.3, 0.4) is 0 Å². The van der Waals surface area contributed by atoms with Gasteiger partial charge in [0, 0.05) is 20.8 Å². The molecule has 0 aromatic carbocycles. The highest BCUT2D eigenvalue weighted by molar-refractivity contribution is 14.1. The van der Waals surface area contributed by atoms with E-state index in [9.17, 15) is 0 Å². The number of rotatable bonds is 7. The van der Waals surface area contributed by atoms with E-state index in [-0.39, 0.29) is 6.10 Å². The summed E-state index contributed by atoms with van der Waals surface area (Å²) in [6.07, 6.45) is -0.106. The Hall–Kier alpha value is -0.470. The third kappa shape index (κ3) is 4.25. The molecule has 0 aliphatic carbocycles. The molecule has 5 nitrogen and oxygen atoms in total. The van der Waals surface area contributed by atoms with Gasteiger partial charge in [-0.25, -0.2) is 9.97 Å². The molecule has 1 aromatic heterocycles. The minimum Gasteiger partial charge on any atom is -0.378 e. The van der Waals surface area contributed by atoms with Crippen LogP contribution < -0.4 is 5.32 Å². The summed E-state index contributed by atoms with van der Waals surface area (Å²) in [5.74, 6) is 1.87. The lowest BCUT2D eigenvalue weighted by Crippen LogP contribution is -2.17. The van der Waals surface area contributed by atoms with E-state index in [1.165, 1.54) is 0 Å². The second-order valence-electron chi connectivity index (χ2n) is 4.55. The predicted molar refractivity (Wildman–Crippen MR) is 84.2 cm³/mol. The molecule has 0 amide bonds. The van der Waals surface area contributed by atoms with Gasteiger partial charge in [0.25, 0.3) is 0 Å². The van der Waals surface area contributed by atoms with Gasteiger partial charge in [-0.3, -0.25) is 0 Å². The maximum atomic E-state index is 5.51. The lowest BCUT2D eigenvalue weighted by atomic mass is 10.1. The number of methoxy groups -OCH3 is 2. The van der Waals surface area contributed by atoms with Crippen LogP contribution in [0.5, 0.6) is 0 Å². The third-order valence-corrected chi connectivity index (χ3v) is 3.81. The Morgan fingerprint density at radius 1 is 1.26 bits per heavy atom. The van der Waals surface area contributed by atoms with Crippen molar-refractivity contribution in [3.8, 4) is 0 Å². The van der Waals surface area contributed by atoms with Crippen molar-refractivity contribution in [1.29, 1.82) is 0 Å². The van der Waals surface area contributed by atoms with Crippen molar-refractivity contribution in [2.45, 2.75) is 33.5 Å². The van der Waals surface area contributed by atoms with E-state index in [2.05, 4.69) is 51.7 Å². The van der Waals surface area contributed by atoms with Gasteiger partial charge in [0.15, 0.2) is 5.82 Å². The van der Waals surface area contributed by atoms with Crippen LogP contribution in [0.1, 0.15) is 38.4 Å². The third-order valence-electron chi connectivity index (χ3n) is 2.68. The molecule has 0 radical (unpaired) electrons. The maximum absolute atomic E-state index is 5.51. The molecule has 19 heavy (non-hydrogen) atoms. The van der Waals surface area contributed by atoms with Gasteiger partial charge >= 0.3 is 0 Å². The summed E-state index contributed by atoms with van der Waals surface area (Å²) >= 11 is 2.25. The number of ether oxygens (including phenoxy) is 2. The molecular formula is C13H22IN3O2. The standard InChI is InChI=1S/C13H22IN3O2/c1-6-15-12-10(14)9(7-18-4)16-13(17-12)11(19-5)8(2)3/h8,11H,6-7H2,1-5H3,(H,15,16,17). The van der Waals surface area contributed by atoms with Crippen LogP contribution in [-0.2, 0) is 16.1 Å². The van der Waals surface area contributed by atoms with Gasteiger partial charge in [-0.15, -0.1) is 0 Å². The van der Waals surface area contributed by atoms with Gasteiger partial charge in [-0.1, -0.05) is 13.8 Å². The molecule has 1 unspecified atom stereocenters. The molecule has 1 heterocycles. The number of anilines is 1. The first kappa shape index (κ1) is 16.6. The fourth-order valence-electron chi connectivity index (χ4n) is 1.83. The molecule has 6 heteroatoms. The number of nitrogens with zero attached hydrogens (tertiary/aromatic N) is 2. The zero-order chi connectivity index (χ0) is 14.4. The molecule has 0 spiro atoms. The van der Waals surface area contributed by atoms with Crippen LogP contribution in [0.4, 0.5) is 5.82 Å². The fourth-order valence-corrected chi connectivity index (χ4v) is 2.42. The highest BCUT2D eigenvalue weighted by atomic mass is 127. The van der Waals surface area contributed by atoms with Crippen molar-refractivity contribution in [3.05, 3.63) is 15.1 Å². The molecule has 0 saturated carbocycles. The molecule has 0 bridgehead atoms. The lowest BCUT2D eigenvalue weighted by Gasteiger charge is -2.20. The van der Waals surface area contributed by atoms with Crippen molar-refractivity contribution in [1.82, 2.24) is 9.97 Å². The van der Waals surface area contributed by atoms with Crippen molar-refractivity contribution in [2.75, 3.05) is 26.1 Å². The molecule has 108 valence electrons. The van der Waals surface area contributed by atoms with Gasteiger partial charge in [0.05, 0.1) is 15.9 Å². The minimum absolute atomic E-state index is 0.106. The maximum Gasteiger partial charge on any atom is 0.160 e. The van der Waals surface area contributed by atoms with Crippen LogP contribution >= 0.6 is 22.6 Å². The zero-order valence-corrected chi connectivity index (χ0v) is 14.3. The summed E-state index contributed by atoms with van der Waals surface area (Å²) in [5, 5.41) is 3.26. The topological polar surface area (TPSA) is 56.3 Å². The summed E-state index contributed by atoms with van der Waals surface area (Å²) in [7, 11) is 3.36. The first-order valence-corrected chi connectivity index (χ1v) is 7.44. The van der Waals surface area contributed by atoms with Crippen LogP contribution in [0.25, 0.3) is 0 Å². The van der Waals surface area contributed by atoms with E-state index >= 15 is 0 Å². The Kier molecular flexibility index (Phi) is 6.95. The fraction of sp³-hybridized carbons (Fsp3) is 0.692. The van der Waals surface area contributed by atoms with Gasteiger partial charge in [-0.2, -0.15) is 0 Å². The van der Waals surface area contributed by atoms with E-state index in [0.29, 0.717) is 18.3 Å².